The summed E-state index contributed by atoms with van der Waals surface area (Å²) in [6.07, 6.45) is 5.50. The average Bonchev–Trinajstić information content (AvgIpc) is 3.55. The normalized spacial score (nSPS) is 17.2. The standard InChI is InChI=1S/C28H25N7O2/c29-25-21(7-4-14-30-25)26-34-23-12-11-22(17-5-2-1-3-6-17)33-27(23)35(26)20-10-13-24(31-16-20)32-19-9-8-18(15-19)28(36)37/h1-7,10-14,16,18-19H,8-9,15H2,(H2,29,30)(H,31,32)(H,36,37). The second kappa shape index (κ2) is 9.34. The molecule has 0 spiro atoms. The molecular formula is C28H25N7O2. The van der Waals surface area contributed by atoms with E-state index >= 15 is 0 Å². The number of nitrogen functional groups attached to an aromatic ring is 1. The second-order valence-electron chi connectivity index (χ2n) is 9.20. The maximum Gasteiger partial charge on any atom is 0.306 e. The zero-order valence-electron chi connectivity index (χ0n) is 20.0. The highest BCUT2D eigenvalue weighted by Gasteiger charge is 2.29. The number of carbonyl (C=O) groups is 1. The summed E-state index contributed by atoms with van der Waals surface area (Å²) >= 11 is 0. The molecule has 184 valence electrons. The molecule has 0 radical (unpaired) electrons. The van der Waals surface area contributed by atoms with Crippen molar-refractivity contribution in [3.05, 3.63) is 79.1 Å². The zero-order valence-corrected chi connectivity index (χ0v) is 20.0. The van der Waals surface area contributed by atoms with Gasteiger partial charge in [0.1, 0.15) is 17.2 Å². The van der Waals surface area contributed by atoms with Crippen molar-refractivity contribution in [1.82, 2.24) is 24.5 Å². The van der Waals surface area contributed by atoms with Crippen LogP contribution in [-0.4, -0.2) is 41.6 Å². The van der Waals surface area contributed by atoms with Crippen molar-refractivity contribution in [3.63, 3.8) is 0 Å². The van der Waals surface area contributed by atoms with E-state index in [2.05, 4.69) is 15.3 Å². The van der Waals surface area contributed by atoms with Gasteiger partial charge in [0.25, 0.3) is 0 Å². The van der Waals surface area contributed by atoms with Crippen molar-refractivity contribution in [2.45, 2.75) is 25.3 Å². The summed E-state index contributed by atoms with van der Waals surface area (Å²) < 4.78 is 1.95. The van der Waals surface area contributed by atoms with Crippen molar-refractivity contribution < 1.29 is 9.90 Å². The third-order valence-corrected chi connectivity index (χ3v) is 6.79. The van der Waals surface area contributed by atoms with Crippen LogP contribution in [0.1, 0.15) is 19.3 Å². The Bertz CT molecular complexity index is 1580. The Morgan fingerprint density at radius 3 is 2.57 bits per heavy atom. The third kappa shape index (κ3) is 4.35. The molecule has 6 rings (SSSR count). The van der Waals surface area contributed by atoms with Crippen LogP contribution in [0.3, 0.4) is 0 Å². The van der Waals surface area contributed by atoms with E-state index in [0.29, 0.717) is 41.5 Å². The van der Waals surface area contributed by atoms with E-state index in [0.717, 1.165) is 28.9 Å². The minimum atomic E-state index is -0.732. The number of imidazole rings is 1. The number of hydrogen-bond donors (Lipinski definition) is 3. The topological polar surface area (TPSA) is 132 Å². The maximum absolute atomic E-state index is 11.3. The number of carboxylic acids is 1. The highest BCUT2D eigenvalue weighted by Crippen LogP contribution is 2.32. The second-order valence-corrected chi connectivity index (χ2v) is 9.20. The van der Waals surface area contributed by atoms with Crippen molar-refractivity contribution in [1.29, 1.82) is 0 Å². The fourth-order valence-corrected chi connectivity index (χ4v) is 4.91. The van der Waals surface area contributed by atoms with Gasteiger partial charge in [-0.2, -0.15) is 0 Å². The number of aromatic nitrogens is 5. The summed E-state index contributed by atoms with van der Waals surface area (Å²) in [6.45, 7) is 0. The predicted molar refractivity (Wildman–Crippen MR) is 142 cm³/mol. The van der Waals surface area contributed by atoms with Gasteiger partial charge < -0.3 is 16.2 Å². The van der Waals surface area contributed by atoms with Crippen LogP contribution in [0.5, 0.6) is 0 Å². The molecule has 4 heterocycles. The highest BCUT2D eigenvalue weighted by atomic mass is 16.4. The third-order valence-electron chi connectivity index (χ3n) is 6.79. The van der Waals surface area contributed by atoms with Crippen molar-refractivity contribution in [3.8, 4) is 28.3 Å². The van der Waals surface area contributed by atoms with E-state index in [4.69, 9.17) is 15.7 Å². The number of nitrogens with one attached hydrogen (secondary N) is 1. The van der Waals surface area contributed by atoms with Crippen LogP contribution in [0.15, 0.2) is 79.1 Å². The van der Waals surface area contributed by atoms with Gasteiger partial charge in [0.05, 0.1) is 29.1 Å². The van der Waals surface area contributed by atoms with Crippen molar-refractivity contribution >= 4 is 28.8 Å². The molecule has 4 aromatic heterocycles. The Morgan fingerprint density at radius 1 is 0.973 bits per heavy atom. The number of nitrogens with two attached hydrogens (primary N) is 1. The van der Waals surface area contributed by atoms with Crippen LogP contribution in [0, 0.1) is 5.92 Å². The number of carboxylic acid groups (broad SMARTS) is 1. The SMILES string of the molecule is Nc1ncccc1-c1nc2ccc(-c3ccccc3)nc2n1-c1ccc(NC2CCC(C(=O)O)C2)nc1. The molecular weight excluding hydrogens is 466 g/mol. The summed E-state index contributed by atoms with van der Waals surface area (Å²) in [4.78, 5) is 30.0. The molecule has 9 heteroatoms. The molecule has 37 heavy (non-hydrogen) atoms. The number of hydrogen-bond acceptors (Lipinski definition) is 7. The minimum absolute atomic E-state index is 0.0920. The van der Waals surface area contributed by atoms with Crippen LogP contribution < -0.4 is 11.1 Å². The van der Waals surface area contributed by atoms with Gasteiger partial charge >= 0.3 is 5.97 Å². The lowest BCUT2D eigenvalue weighted by atomic mass is 10.1. The smallest absolute Gasteiger partial charge is 0.306 e. The molecule has 2 unspecified atom stereocenters. The molecule has 1 fully saturated rings. The fraction of sp³-hybridized carbons (Fsp3) is 0.179. The van der Waals surface area contributed by atoms with Gasteiger partial charge in [-0.3, -0.25) is 9.36 Å². The summed E-state index contributed by atoms with van der Waals surface area (Å²) in [5, 5.41) is 12.7. The van der Waals surface area contributed by atoms with E-state index in [1.54, 1.807) is 12.4 Å². The van der Waals surface area contributed by atoms with Crippen molar-refractivity contribution in [2.75, 3.05) is 11.1 Å². The molecule has 2 atom stereocenters. The molecule has 0 amide bonds. The lowest BCUT2D eigenvalue weighted by molar-refractivity contribution is -0.141. The van der Waals surface area contributed by atoms with E-state index in [9.17, 15) is 9.90 Å². The zero-order chi connectivity index (χ0) is 25.4. The molecule has 9 nitrogen and oxygen atoms in total. The van der Waals surface area contributed by atoms with E-state index < -0.39 is 5.97 Å². The summed E-state index contributed by atoms with van der Waals surface area (Å²) in [5.41, 5.74) is 11.0. The molecule has 1 aromatic carbocycles. The molecule has 1 saturated carbocycles. The first-order valence-electron chi connectivity index (χ1n) is 12.2. The summed E-state index contributed by atoms with van der Waals surface area (Å²) in [5.74, 6) is 0.670. The quantitative estimate of drug-likeness (QED) is 0.309. The van der Waals surface area contributed by atoms with E-state index in [-0.39, 0.29) is 12.0 Å². The van der Waals surface area contributed by atoms with Gasteiger partial charge in [0.2, 0.25) is 0 Å². The van der Waals surface area contributed by atoms with Crippen molar-refractivity contribution in [2.24, 2.45) is 5.92 Å². The first-order valence-corrected chi connectivity index (χ1v) is 12.2. The molecule has 1 aliphatic rings. The van der Waals surface area contributed by atoms with Crippen LogP contribution in [0.25, 0.3) is 39.5 Å². The monoisotopic (exact) mass is 491 g/mol. The molecule has 0 aliphatic heterocycles. The molecule has 0 bridgehead atoms. The predicted octanol–water partition coefficient (Wildman–Crippen LogP) is 4.79. The number of aliphatic carboxylic acids is 1. The van der Waals surface area contributed by atoms with Gasteiger partial charge in [-0.1, -0.05) is 30.3 Å². The lowest BCUT2D eigenvalue weighted by Crippen LogP contribution is -2.18. The molecule has 4 N–H and O–H groups in total. The Kier molecular flexibility index (Phi) is 5.72. The molecule has 1 aliphatic carbocycles. The van der Waals surface area contributed by atoms with Gasteiger partial charge in [-0.25, -0.2) is 19.9 Å². The van der Waals surface area contributed by atoms with Gasteiger partial charge in [-0.15, -0.1) is 0 Å². The number of rotatable bonds is 6. The van der Waals surface area contributed by atoms with E-state index in [1.807, 2.05) is 71.3 Å². The maximum atomic E-state index is 11.3. The Hall–Kier alpha value is -4.79. The minimum Gasteiger partial charge on any atom is -0.481 e. The fourth-order valence-electron chi connectivity index (χ4n) is 4.91. The lowest BCUT2D eigenvalue weighted by Gasteiger charge is -2.14. The van der Waals surface area contributed by atoms with Gasteiger partial charge in [0.15, 0.2) is 11.5 Å². The number of nitrogens with zero attached hydrogens (tertiary/aromatic N) is 5. The summed E-state index contributed by atoms with van der Waals surface area (Å²) in [6, 6.07) is 21.6. The van der Waals surface area contributed by atoms with Gasteiger partial charge in [0, 0.05) is 17.8 Å². The van der Waals surface area contributed by atoms with Crippen LogP contribution in [0.4, 0.5) is 11.6 Å². The van der Waals surface area contributed by atoms with E-state index in [1.165, 1.54) is 0 Å². The first kappa shape index (κ1) is 22.7. The van der Waals surface area contributed by atoms with Gasteiger partial charge in [-0.05, 0) is 55.7 Å². The molecule has 0 saturated heterocycles. The Morgan fingerprint density at radius 2 is 1.84 bits per heavy atom. The van der Waals surface area contributed by atoms with Crippen LogP contribution in [0.2, 0.25) is 0 Å². The summed E-state index contributed by atoms with van der Waals surface area (Å²) in [7, 11) is 0. The number of anilines is 2. The first-order chi connectivity index (χ1) is 18.1. The highest BCUT2D eigenvalue weighted by molar-refractivity contribution is 5.84. The number of benzene rings is 1. The number of fused-ring (bicyclic) bond motifs is 1. The Labute approximate surface area is 213 Å². The number of pyridine rings is 3. The average molecular weight is 492 g/mol. The van der Waals surface area contributed by atoms with Crippen LogP contribution >= 0.6 is 0 Å². The largest absolute Gasteiger partial charge is 0.481 e. The van der Waals surface area contributed by atoms with Crippen LogP contribution in [-0.2, 0) is 4.79 Å². The molecule has 5 aromatic rings. The Balaban J connectivity index is 1.42.